The van der Waals surface area contributed by atoms with Crippen LogP contribution in [0, 0.1) is 5.92 Å². The Bertz CT molecular complexity index is 460. The Morgan fingerprint density at radius 2 is 2.17 bits per heavy atom. The number of hydrogen-bond donors (Lipinski definition) is 0. The van der Waals surface area contributed by atoms with Gasteiger partial charge in [-0.3, -0.25) is 0 Å². The molecule has 2 fully saturated rings. The lowest BCUT2D eigenvalue weighted by molar-refractivity contribution is 0.293. The molecule has 0 amide bonds. The maximum atomic E-state index is 6.15. The largest absolute Gasteiger partial charge is 0.302 e. The van der Waals surface area contributed by atoms with E-state index in [0.29, 0.717) is 15.5 Å². The van der Waals surface area contributed by atoms with Gasteiger partial charge in [0.15, 0.2) is 0 Å². The Morgan fingerprint density at radius 1 is 1.33 bits per heavy atom. The number of rotatable bonds is 4. The molecule has 1 aromatic carbocycles. The summed E-state index contributed by atoms with van der Waals surface area (Å²) in [7, 11) is 0. The van der Waals surface area contributed by atoms with Gasteiger partial charge in [-0.2, -0.15) is 0 Å². The van der Waals surface area contributed by atoms with Crippen LogP contribution in [0.25, 0.3) is 0 Å². The fourth-order valence-corrected chi connectivity index (χ4v) is 3.69. The van der Waals surface area contributed by atoms with Gasteiger partial charge in [0.05, 0.1) is 10.0 Å². The zero-order chi connectivity index (χ0) is 12.8. The van der Waals surface area contributed by atoms with Gasteiger partial charge >= 0.3 is 0 Å². The molecule has 0 radical (unpaired) electrons. The number of halogens is 2. The van der Waals surface area contributed by atoms with E-state index in [1.807, 2.05) is 6.07 Å². The van der Waals surface area contributed by atoms with Gasteiger partial charge in [0.2, 0.25) is 0 Å². The molecule has 0 aromatic heterocycles. The van der Waals surface area contributed by atoms with Crippen molar-refractivity contribution in [3.8, 4) is 0 Å². The van der Waals surface area contributed by atoms with Crippen molar-refractivity contribution < 1.29 is 0 Å². The quantitative estimate of drug-likeness (QED) is 0.793. The molecule has 3 heteroatoms. The molecule has 1 heterocycles. The topological polar surface area (TPSA) is 3.24 Å². The second-order valence-electron chi connectivity index (χ2n) is 5.77. The minimum absolute atomic E-state index is 0.391. The summed E-state index contributed by atoms with van der Waals surface area (Å²) in [5, 5.41) is 1.36. The molecular formula is C15H19Cl2N. The van der Waals surface area contributed by atoms with Crippen LogP contribution in [0.1, 0.15) is 31.7 Å². The maximum absolute atomic E-state index is 6.15. The zero-order valence-electron chi connectivity index (χ0n) is 10.8. The van der Waals surface area contributed by atoms with Crippen LogP contribution >= 0.6 is 23.2 Å². The molecule has 0 N–H and O–H groups in total. The molecule has 1 aromatic rings. The second kappa shape index (κ2) is 4.70. The molecule has 1 aliphatic carbocycles. The van der Waals surface area contributed by atoms with Gasteiger partial charge in [0.1, 0.15) is 0 Å². The van der Waals surface area contributed by atoms with E-state index in [2.05, 4.69) is 24.0 Å². The normalized spacial score (nSPS) is 30.5. The smallest absolute Gasteiger partial charge is 0.0595 e. The minimum Gasteiger partial charge on any atom is -0.302 e. The van der Waals surface area contributed by atoms with Gasteiger partial charge < -0.3 is 4.90 Å². The van der Waals surface area contributed by atoms with Crippen LogP contribution in [0.4, 0.5) is 0 Å². The molecule has 98 valence electrons. The Hall–Kier alpha value is -0.240. The number of likely N-dealkylation sites (tertiary alicyclic amines) is 1. The standard InChI is InChI=1S/C15H19Cl2N/c1-2-3-6-18-9-12-8-15(12,10-18)11-4-5-13(16)14(17)7-11/h4-5,7,12H,2-3,6,8-10H2,1H3. The van der Waals surface area contributed by atoms with E-state index in [-0.39, 0.29) is 0 Å². The van der Waals surface area contributed by atoms with Gasteiger partial charge in [-0.05, 0) is 43.0 Å². The van der Waals surface area contributed by atoms with E-state index < -0.39 is 0 Å². The average Bonchev–Trinajstić information content (AvgIpc) is 2.93. The Morgan fingerprint density at radius 3 is 2.89 bits per heavy atom. The van der Waals surface area contributed by atoms with Crippen molar-refractivity contribution in [2.75, 3.05) is 19.6 Å². The van der Waals surface area contributed by atoms with Gasteiger partial charge in [-0.15, -0.1) is 0 Å². The third-order valence-electron chi connectivity index (χ3n) is 4.54. The van der Waals surface area contributed by atoms with Crippen molar-refractivity contribution in [1.29, 1.82) is 0 Å². The highest BCUT2D eigenvalue weighted by atomic mass is 35.5. The van der Waals surface area contributed by atoms with E-state index in [0.717, 1.165) is 5.92 Å². The predicted octanol–water partition coefficient (Wildman–Crippen LogP) is 4.37. The first-order valence-electron chi connectivity index (χ1n) is 6.83. The molecule has 18 heavy (non-hydrogen) atoms. The zero-order valence-corrected chi connectivity index (χ0v) is 12.3. The molecule has 1 nitrogen and oxygen atoms in total. The van der Waals surface area contributed by atoms with Crippen LogP contribution < -0.4 is 0 Å². The van der Waals surface area contributed by atoms with E-state index in [1.54, 1.807) is 0 Å². The Kier molecular flexibility index (Phi) is 3.34. The van der Waals surface area contributed by atoms with Gasteiger partial charge in [0.25, 0.3) is 0 Å². The van der Waals surface area contributed by atoms with Crippen molar-refractivity contribution in [3.05, 3.63) is 33.8 Å². The summed E-state index contributed by atoms with van der Waals surface area (Å²) in [5.74, 6) is 0.839. The fourth-order valence-electron chi connectivity index (χ4n) is 3.39. The minimum atomic E-state index is 0.391. The van der Waals surface area contributed by atoms with Crippen LogP contribution in [-0.4, -0.2) is 24.5 Å². The second-order valence-corrected chi connectivity index (χ2v) is 6.59. The van der Waals surface area contributed by atoms with E-state index >= 15 is 0 Å². The molecule has 1 saturated heterocycles. The molecule has 2 unspecified atom stereocenters. The number of benzene rings is 1. The maximum Gasteiger partial charge on any atom is 0.0595 e. The lowest BCUT2D eigenvalue weighted by Crippen LogP contribution is -2.27. The van der Waals surface area contributed by atoms with Crippen LogP contribution in [0.5, 0.6) is 0 Å². The lowest BCUT2D eigenvalue weighted by Gasteiger charge is -2.21. The molecule has 3 rings (SSSR count). The van der Waals surface area contributed by atoms with Crippen LogP contribution in [-0.2, 0) is 5.41 Å². The highest BCUT2D eigenvalue weighted by Crippen LogP contribution is 2.59. The summed E-state index contributed by atoms with van der Waals surface area (Å²) in [6.45, 7) is 5.97. The van der Waals surface area contributed by atoms with Gasteiger partial charge in [-0.1, -0.05) is 42.6 Å². The molecule has 0 bridgehead atoms. The fraction of sp³-hybridized carbons (Fsp3) is 0.600. The SMILES string of the molecule is CCCCN1CC2CC2(c2ccc(Cl)c(Cl)c2)C1. The third kappa shape index (κ3) is 2.07. The summed E-state index contributed by atoms with van der Waals surface area (Å²) in [5.41, 5.74) is 1.78. The van der Waals surface area contributed by atoms with Crippen molar-refractivity contribution in [3.63, 3.8) is 0 Å². The summed E-state index contributed by atoms with van der Waals surface area (Å²) in [6.07, 6.45) is 3.92. The van der Waals surface area contributed by atoms with Crippen molar-refractivity contribution >= 4 is 23.2 Å². The number of hydrogen-bond acceptors (Lipinski definition) is 1. The summed E-state index contributed by atoms with van der Waals surface area (Å²) < 4.78 is 0. The summed E-state index contributed by atoms with van der Waals surface area (Å²) in [4.78, 5) is 2.61. The molecule has 2 aliphatic rings. The van der Waals surface area contributed by atoms with E-state index in [4.69, 9.17) is 23.2 Å². The number of piperidine rings is 1. The predicted molar refractivity (Wildman–Crippen MR) is 77.6 cm³/mol. The summed E-state index contributed by atoms with van der Waals surface area (Å²) in [6, 6.07) is 6.18. The Balaban J connectivity index is 1.75. The number of fused-ring (bicyclic) bond motifs is 1. The van der Waals surface area contributed by atoms with Crippen LogP contribution in [0.3, 0.4) is 0 Å². The molecule has 1 saturated carbocycles. The van der Waals surface area contributed by atoms with Gasteiger partial charge in [-0.25, -0.2) is 0 Å². The van der Waals surface area contributed by atoms with Crippen molar-refractivity contribution in [2.45, 2.75) is 31.6 Å². The molecular weight excluding hydrogens is 265 g/mol. The first kappa shape index (κ1) is 12.8. The van der Waals surface area contributed by atoms with Crippen molar-refractivity contribution in [2.24, 2.45) is 5.92 Å². The summed E-state index contributed by atoms with van der Waals surface area (Å²) >= 11 is 12.1. The van der Waals surface area contributed by atoms with Crippen molar-refractivity contribution in [1.82, 2.24) is 4.90 Å². The van der Waals surface area contributed by atoms with E-state index in [1.165, 1.54) is 44.5 Å². The monoisotopic (exact) mass is 283 g/mol. The highest BCUT2D eigenvalue weighted by Gasteiger charge is 2.60. The van der Waals surface area contributed by atoms with Gasteiger partial charge in [0, 0.05) is 18.5 Å². The Labute approximate surface area is 119 Å². The number of nitrogens with zero attached hydrogens (tertiary/aromatic N) is 1. The number of unbranched alkanes of at least 4 members (excludes halogenated alkanes) is 1. The molecule has 0 spiro atoms. The highest BCUT2D eigenvalue weighted by molar-refractivity contribution is 6.42. The first-order chi connectivity index (χ1) is 8.65. The third-order valence-corrected chi connectivity index (χ3v) is 5.28. The van der Waals surface area contributed by atoms with E-state index in [9.17, 15) is 0 Å². The lowest BCUT2D eigenvalue weighted by atomic mass is 9.95. The molecule has 1 aliphatic heterocycles. The average molecular weight is 284 g/mol. The van der Waals surface area contributed by atoms with Crippen LogP contribution in [0.15, 0.2) is 18.2 Å². The first-order valence-corrected chi connectivity index (χ1v) is 7.59. The molecule has 2 atom stereocenters. The van der Waals surface area contributed by atoms with Crippen LogP contribution in [0.2, 0.25) is 10.0 Å².